The van der Waals surface area contributed by atoms with Crippen molar-refractivity contribution in [3.05, 3.63) is 47.3 Å². The summed E-state index contributed by atoms with van der Waals surface area (Å²) in [5, 5.41) is 0. The minimum atomic E-state index is -4.74. The standard InChI is InChI=1S/C21H24F3N3O3/c1-14-12-19(20(29)13-25-8-10-26(11-9-25)16(3)28)15(2)27(14)17-4-6-18(7-5-17)30-21(22,23)24/h4-7,12H,8-11,13H2,1-3H3/p+1. The Morgan fingerprint density at radius 3 is 2.23 bits per heavy atom. The van der Waals surface area contributed by atoms with E-state index >= 15 is 0 Å². The highest BCUT2D eigenvalue weighted by Gasteiger charge is 2.31. The van der Waals surface area contributed by atoms with Crippen LogP contribution in [0.3, 0.4) is 0 Å². The maximum atomic E-state index is 12.9. The smallest absolute Gasteiger partial charge is 0.406 e. The topological polar surface area (TPSA) is 56.0 Å². The van der Waals surface area contributed by atoms with Gasteiger partial charge in [-0.05, 0) is 44.2 Å². The van der Waals surface area contributed by atoms with Gasteiger partial charge in [0.15, 0.2) is 0 Å². The number of halogens is 3. The van der Waals surface area contributed by atoms with Gasteiger partial charge in [0.2, 0.25) is 11.7 Å². The third-order valence-corrected chi connectivity index (χ3v) is 5.39. The third kappa shape index (κ3) is 5.02. The number of alkyl halides is 3. The van der Waals surface area contributed by atoms with Gasteiger partial charge >= 0.3 is 6.36 Å². The van der Waals surface area contributed by atoms with E-state index in [1.54, 1.807) is 11.8 Å². The number of quaternary nitrogens is 1. The number of nitrogens with one attached hydrogen (secondary N) is 1. The van der Waals surface area contributed by atoms with Gasteiger partial charge < -0.3 is 19.1 Å². The molecule has 0 saturated carbocycles. The zero-order valence-corrected chi connectivity index (χ0v) is 17.2. The summed E-state index contributed by atoms with van der Waals surface area (Å²) >= 11 is 0. The number of hydrogen-bond donors (Lipinski definition) is 1. The van der Waals surface area contributed by atoms with Gasteiger partial charge in [-0.1, -0.05) is 0 Å². The van der Waals surface area contributed by atoms with Crippen molar-refractivity contribution < 1.29 is 32.4 Å². The second-order valence-electron chi connectivity index (χ2n) is 7.52. The van der Waals surface area contributed by atoms with Crippen LogP contribution in [0.5, 0.6) is 5.75 Å². The second kappa shape index (κ2) is 8.51. The van der Waals surface area contributed by atoms with E-state index in [4.69, 9.17) is 0 Å². The number of carbonyl (C=O) groups is 2. The molecule has 1 amide bonds. The average molecular weight is 424 g/mol. The maximum Gasteiger partial charge on any atom is 0.573 e. The fourth-order valence-electron chi connectivity index (χ4n) is 3.88. The van der Waals surface area contributed by atoms with Gasteiger partial charge in [-0.15, -0.1) is 13.2 Å². The monoisotopic (exact) mass is 424 g/mol. The number of amides is 1. The number of carbonyl (C=O) groups excluding carboxylic acids is 2. The van der Waals surface area contributed by atoms with Crippen LogP contribution in [0.25, 0.3) is 5.69 Å². The first kappa shape index (κ1) is 21.9. The molecule has 3 rings (SSSR count). The Morgan fingerprint density at radius 2 is 1.70 bits per heavy atom. The molecule has 2 heterocycles. The lowest BCUT2D eigenvalue weighted by Crippen LogP contribution is -3.15. The first-order valence-corrected chi connectivity index (χ1v) is 9.72. The van der Waals surface area contributed by atoms with Gasteiger partial charge in [-0.25, -0.2) is 0 Å². The highest BCUT2D eigenvalue weighted by atomic mass is 19.4. The number of aryl methyl sites for hydroxylation is 1. The van der Waals surface area contributed by atoms with Crippen molar-refractivity contribution in [3.8, 4) is 11.4 Å². The minimum Gasteiger partial charge on any atom is -0.406 e. The van der Waals surface area contributed by atoms with E-state index in [1.165, 1.54) is 24.3 Å². The molecule has 1 N–H and O–H groups in total. The fraction of sp³-hybridized carbons (Fsp3) is 0.429. The molecule has 0 aliphatic carbocycles. The number of rotatable bonds is 5. The number of hydrogen-bond acceptors (Lipinski definition) is 3. The molecule has 1 aliphatic heterocycles. The van der Waals surface area contributed by atoms with Crippen LogP contribution in [0.15, 0.2) is 30.3 Å². The predicted molar refractivity (Wildman–Crippen MR) is 104 cm³/mol. The number of nitrogens with zero attached hydrogens (tertiary/aromatic N) is 2. The van der Waals surface area contributed by atoms with Crippen molar-refractivity contribution in [2.24, 2.45) is 0 Å². The molecule has 1 fully saturated rings. The first-order chi connectivity index (χ1) is 14.0. The van der Waals surface area contributed by atoms with E-state index in [9.17, 15) is 22.8 Å². The SMILES string of the molecule is CC(=O)N1CC[NH+](CC(=O)c2cc(C)n(-c3ccc(OC(F)(F)F)cc3)c2C)CC1. The van der Waals surface area contributed by atoms with Crippen LogP contribution >= 0.6 is 0 Å². The highest BCUT2D eigenvalue weighted by molar-refractivity contribution is 5.98. The molecule has 1 aliphatic rings. The highest BCUT2D eigenvalue weighted by Crippen LogP contribution is 2.26. The summed E-state index contributed by atoms with van der Waals surface area (Å²) in [5.41, 5.74) is 2.81. The second-order valence-corrected chi connectivity index (χ2v) is 7.52. The normalized spacial score (nSPS) is 15.3. The molecule has 9 heteroatoms. The number of Topliss-reactive ketones (excluding diaryl/α,β-unsaturated/α-hetero) is 1. The van der Waals surface area contributed by atoms with Crippen LogP contribution in [0, 0.1) is 13.8 Å². The molecule has 0 bridgehead atoms. The number of ketones is 1. The van der Waals surface area contributed by atoms with E-state index in [2.05, 4.69) is 4.74 Å². The lowest BCUT2D eigenvalue weighted by Gasteiger charge is -2.31. The van der Waals surface area contributed by atoms with Crippen LogP contribution in [0.4, 0.5) is 13.2 Å². The first-order valence-electron chi connectivity index (χ1n) is 9.72. The summed E-state index contributed by atoms with van der Waals surface area (Å²) in [6, 6.07) is 7.37. The Bertz CT molecular complexity index is 927. The number of piperazine rings is 1. The van der Waals surface area contributed by atoms with Crippen molar-refractivity contribution in [1.29, 1.82) is 0 Å². The van der Waals surface area contributed by atoms with Crippen LogP contribution in [0.1, 0.15) is 28.7 Å². The lowest BCUT2D eigenvalue weighted by atomic mass is 10.1. The van der Waals surface area contributed by atoms with E-state index in [0.717, 1.165) is 29.4 Å². The molecule has 0 spiro atoms. The fourth-order valence-corrected chi connectivity index (χ4v) is 3.88. The van der Waals surface area contributed by atoms with Crippen LogP contribution in [-0.4, -0.2) is 60.2 Å². The average Bonchev–Trinajstić information content (AvgIpc) is 2.96. The number of benzene rings is 1. The number of ether oxygens (including phenoxy) is 1. The molecular weight excluding hydrogens is 399 g/mol. The molecule has 6 nitrogen and oxygen atoms in total. The molecule has 0 atom stereocenters. The van der Waals surface area contributed by atoms with Crippen molar-refractivity contribution in [2.75, 3.05) is 32.7 Å². The van der Waals surface area contributed by atoms with Gasteiger partial charge in [0, 0.05) is 29.6 Å². The van der Waals surface area contributed by atoms with Crippen molar-refractivity contribution in [3.63, 3.8) is 0 Å². The zero-order valence-electron chi connectivity index (χ0n) is 17.2. The summed E-state index contributed by atoms with van der Waals surface area (Å²) in [7, 11) is 0. The van der Waals surface area contributed by atoms with Crippen LogP contribution < -0.4 is 9.64 Å². The van der Waals surface area contributed by atoms with Crippen LogP contribution in [-0.2, 0) is 4.79 Å². The van der Waals surface area contributed by atoms with E-state index in [-0.39, 0.29) is 17.4 Å². The van der Waals surface area contributed by atoms with Gasteiger partial charge in [0.1, 0.15) is 12.3 Å². The van der Waals surface area contributed by atoms with Gasteiger partial charge in [0.25, 0.3) is 0 Å². The van der Waals surface area contributed by atoms with E-state index < -0.39 is 6.36 Å². The summed E-state index contributed by atoms with van der Waals surface area (Å²) in [6.45, 7) is 8.30. The maximum absolute atomic E-state index is 12.9. The van der Waals surface area contributed by atoms with Gasteiger partial charge in [0.05, 0.1) is 26.2 Å². The Morgan fingerprint density at radius 1 is 1.10 bits per heavy atom. The predicted octanol–water partition coefficient (Wildman–Crippen LogP) is 1.92. The molecule has 162 valence electrons. The largest absolute Gasteiger partial charge is 0.573 e. The Hall–Kier alpha value is -2.81. The summed E-state index contributed by atoms with van der Waals surface area (Å²) in [6.07, 6.45) is -4.74. The summed E-state index contributed by atoms with van der Waals surface area (Å²) in [4.78, 5) is 27.3. The quantitative estimate of drug-likeness (QED) is 0.747. The summed E-state index contributed by atoms with van der Waals surface area (Å²) in [5.74, 6) is -0.230. The molecule has 30 heavy (non-hydrogen) atoms. The van der Waals surface area contributed by atoms with Crippen molar-refractivity contribution in [2.45, 2.75) is 27.1 Å². The summed E-state index contributed by atoms with van der Waals surface area (Å²) < 4.78 is 42.8. The molecule has 0 unspecified atom stereocenters. The van der Waals surface area contributed by atoms with Crippen molar-refractivity contribution >= 4 is 11.7 Å². The molecule has 1 saturated heterocycles. The van der Waals surface area contributed by atoms with Gasteiger partial charge in [-0.3, -0.25) is 9.59 Å². The molecule has 1 aromatic heterocycles. The minimum absolute atomic E-state index is 0.0117. The molecular formula is C21H25F3N3O3+. The Labute approximate surface area is 172 Å². The third-order valence-electron chi connectivity index (χ3n) is 5.39. The van der Waals surface area contributed by atoms with E-state index in [0.29, 0.717) is 30.9 Å². The van der Waals surface area contributed by atoms with Gasteiger partial charge in [-0.2, -0.15) is 0 Å². The number of aromatic nitrogens is 1. The molecule has 2 aromatic rings. The molecule has 0 radical (unpaired) electrons. The van der Waals surface area contributed by atoms with E-state index in [1.807, 2.05) is 24.5 Å². The van der Waals surface area contributed by atoms with Crippen LogP contribution in [0.2, 0.25) is 0 Å². The Kier molecular flexibility index (Phi) is 6.21. The lowest BCUT2D eigenvalue weighted by molar-refractivity contribution is -0.895. The molecule has 1 aromatic carbocycles. The van der Waals surface area contributed by atoms with Crippen molar-refractivity contribution in [1.82, 2.24) is 9.47 Å². The zero-order chi connectivity index (χ0) is 22.1. The Balaban J connectivity index is 1.72.